The van der Waals surface area contributed by atoms with Gasteiger partial charge in [0.2, 0.25) is 5.76 Å². The number of rotatable bonds is 7. The first kappa shape index (κ1) is 13.3. The Morgan fingerprint density at radius 3 is 3.05 bits per heavy atom. The van der Waals surface area contributed by atoms with E-state index in [9.17, 15) is 4.79 Å². The Hall–Kier alpha value is -2.15. The van der Waals surface area contributed by atoms with Gasteiger partial charge in [-0.05, 0) is 26.0 Å². The van der Waals surface area contributed by atoms with Gasteiger partial charge in [0.15, 0.2) is 0 Å². The average Bonchev–Trinajstić information content (AvgIpc) is 2.99. The molecule has 2 aromatic heterocycles. The van der Waals surface area contributed by atoms with Crippen LogP contribution in [0.1, 0.15) is 28.3 Å². The molecule has 0 amide bonds. The van der Waals surface area contributed by atoms with E-state index in [0.29, 0.717) is 12.3 Å². The van der Waals surface area contributed by atoms with Crippen LogP contribution in [0.15, 0.2) is 22.9 Å². The lowest BCUT2D eigenvalue weighted by Crippen LogP contribution is -2.16. The van der Waals surface area contributed by atoms with Crippen molar-refractivity contribution < 1.29 is 14.3 Å². The van der Waals surface area contributed by atoms with Crippen LogP contribution < -0.4 is 5.32 Å². The number of aromatic carboxylic acids is 1. The monoisotopic (exact) mass is 264 g/mol. The van der Waals surface area contributed by atoms with E-state index in [4.69, 9.17) is 9.52 Å². The van der Waals surface area contributed by atoms with Crippen molar-refractivity contribution in [1.29, 1.82) is 0 Å². The highest BCUT2D eigenvalue weighted by atomic mass is 16.4. The van der Waals surface area contributed by atoms with Crippen molar-refractivity contribution in [3.05, 3.63) is 35.5 Å². The molecule has 19 heavy (non-hydrogen) atoms. The van der Waals surface area contributed by atoms with E-state index in [0.717, 1.165) is 25.1 Å². The van der Waals surface area contributed by atoms with Gasteiger partial charge in [0.1, 0.15) is 5.76 Å². The second-order valence-electron chi connectivity index (χ2n) is 4.19. The van der Waals surface area contributed by atoms with Crippen molar-refractivity contribution in [3.63, 3.8) is 0 Å². The van der Waals surface area contributed by atoms with Crippen molar-refractivity contribution in [1.82, 2.24) is 20.3 Å². The number of aromatic nitrogens is 3. The number of hydrogen-bond acceptors (Lipinski definition) is 5. The van der Waals surface area contributed by atoms with Gasteiger partial charge >= 0.3 is 5.97 Å². The lowest BCUT2D eigenvalue weighted by atomic mass is 10.2. The first-order valence-electron chi connectivity index (χ1n) is 6.04. The number of nitrogens with zero attached hydrogens (tertiary/aromatic N) is 3. The van der Waals surface area contributed by atoms with E-state index in [2.05, 4.69) is 15.6 Å². The van der Waals surface area contributed by atoms with Crippen molar-refractivity contribution in [3.8, 4) is 0 Å². The molecular weight excluding hydrogens is 248 g/mol. The molecule has 0 saturated carbocycles. The zero-order chi connectivity index (χ0) is 13.7. The number of carbonyl (C=O) groups is 1. The summed E-state index contributed by atoms with van der Waals surface area (Å²) in [4.78, 5) is 10.7. The van der Waals surface area contributed by atoms with Gasteiger partial charge in [-0.1, -0.05) is 5.21 Å². The standard InChI is InChI=1S/C12H16N4O3/c1-9-10(7-11(19-9)12(17)18)8-13-3-2-5-16-6-4-14-15-16/h4,6-7,13H,2-3,5,8H2,1H3,(H,17,18). The minimum absolute atomic E-state index is 0.0167. The molecule has 2 N–H and O–H groups in total. The van der Waals surface area contributed by atoms with E-state index in [1.807, 2.05) is 6.20 Å². The summed E-state index contributed by atoms with van der Waals surface area (Å²) in [6.45, 7) is 3.98. The van der Waals surface area contributed by atoms with E-state index in [-0.39, 0.29) is 5.76 Å². The quantitative estimate of drug-likeness (QED) is 0.726. The molecule has 0 spiro atoms. The van der Waals surface area contributed by atoms with Crippen molar-refractivity contribution >= 4 is 5.97 Å². The molecule has 0 atom stereocenters. The van der Waals surface area contributed by atoms with Gasteiger partial charge in [0.25, 0.3) is 0 Å². The average molecular weight is 264 g/mol. The largest absolute Gasteiger partial charge is 0.475 e. The van der Waals surface area contributed by atoms with Crippen LogP contribution in [-0.4, -0.2) is 32.6 Å². The molecule has 0 fully saturated rings. The normalized spacial score (nSPS) is 10.8. The predicted octanol–water partition coefficient (Wildman–Crippen LogP) is 1.06. The van der Waals surface area contributed by atoms with Crippen LogP contribution in [0.4, 0.5) is 0 Å². The van der Waals surface area contributed by atoms with Gasteiger partial charge < -0.3 is 14.8 Å². The SMILES string of the molecule is Cc1oc(C(=O)O)cc1CNCCCn1ccnn1. The second-order valence-corrected chi connectivity index (χ2v) is 4.19. The summed E-state index contributed by atoms with van der Waals surface area (Å²) in [5, 5.41) is 19.6. The van der Waals surface area contributed by atoms with Gasteiger partial charge in [0, 0.05) is 24.8 Å². The fourth-order valence-corrected chi connectivity index (χ4v) is 1.74. The zero-order valence-electron chi connectivity index (χ0n) is 10.7. The maximum Gasteiger partial charge on any atom is 0.371 e. The molecule has 2 aromatic rings. The van der Waals surface area contributed by atoms with Gasteiger partial charge in [-0.15, -0.1) is 5.10 Å². The maximum absolute atomic E-state index is 10.7. The smallest absolute Gasteiger partial charge is 0.371 e. The van der Waals surface area contributed by atoms with Gasteiger partial charge in [-0.2, -0.15) is 0 Å². The van der Waals surface area contributed by atoms with E-state index < -0.39 is 5.97 Å². The highest BCUT2D eigenvalue weighted by Crippen LogP contribution is 2.14. The molecule has 2 rings (SSSR count). The summed E-state index contributed by atoms with van der Waals surface area (Å²) >= 11 is 0. The third kappa shape index (κ3) is 3.65. The third-order valence-corrected chi connectivity index (χ3v) is 2.76. The number of carboxylic acids is 1. The molecule has 7 heteroatoms. The summed E-state index contributed by atoms with van der Waals surface area (Å²) in [5.41, 5.74) is 0.873. The molecule has 0 saturated heterocycles. The van der Waals surface area contributed by atoms with E-state index in [1.54, 1.807) is 23.9 Å². The highest BCUT2D eigenvalue weighted by molar-refractivity contribution is 5.84. The number of furan rings is 1. The molecule has 2 heterocycles. The van der Waals surface area contributed by atoms with Crippen molar-refractivity contribution in [2.24, 2.45) is 0 Å². The Labute approximate surface area is 110 Å². The lowest BCUT2D eigenvalue weighted by molar-refractivity contribution is 0.0661. The van der Waals surface area contributed by atoms with Crippen LogP contribution in [0.3, 0.4) is 0 Å². The first-order chi connectivity index (χ1) is 9.16. The van der Waals surface area contributed by atoms with Gasteiger partial charge in [0.05, 0.1) is 6.20 Å². The van der Waals surface area contributed by atoms with Crippen LogP contribution >= 0.6 is 0 Å². The Kier molecular flexibility index (Phi) is 4.30. The van der Waals surface area contributed by atoms with Crippen LogP contribution in [0.5, 0.6) is 0 Å². The van der Waals surface area contributed by atoms with Crippen LogP contribution in [0, 0.1) is 6.92 Å². The molecule has 102 valence electrons. The fraction of sp³-hybridized carbons (Fsp3) is 0.417. The molecule has 0 aliphatic carbocycles. The maximum atomic E-state index is 10.7. The third-order valence-electron chi connectivity index (χ3n) is 2.76. The number of aryl methyl sites for hydroxylation is 2. The molecule has 0 aromatic carbocycles. The lowest BCUT2D eigenvalue weighted by Gasteiger charge is -2.03. The molecule has 0 radical (unpaired) electrons. The predicted molar refractivity (Wildman–Crippen MR) is 66.8 cm³/mol. The number of carboxylic acid groups (broad SMARTS) is 1. The summed E-state index contributed by atoms with van der Waals surface area (Å²) in [6.07, 6.45) is 4.39. The topological polar surface area (TPSA) is 93.2 Å². The Morgan fingerprint density at radius 1 is 1.58 bits per heavy atom. The first-order valence-corrected chi connectivity index (χ1v) is 6.04. The minimum atomic E-state index is -1.04. The molecule has 0 bridgehead atoms. The minimum Gasteiger partial charge on any atom is -0.475 e. The Bertz CT molecular complexity index is 533. The van der Waals surface area contributed by atoms with Crippen molar-refractivity contribution in [2.75, 3.05) is 6.54 Å². The van der Waals surface area contributed by atoms with Crippen molar-refractivity contribution in [2.45, 2.75) is 26.4 Å². The zero-order valence-corrected chi connectivity index (χ0v) is 10.7. The summed E-state index contributed by atoms with van der Waals surface area (Å²) in [7, 11) is 0. The number of nitrogens with one attached hydrogen (secondary N) is 1. The molecule has 0 unspecified atom stereocenters. The van der Waals surface area contributed by atoms with E-state index in [1.165, 1.54) is 0 Å². The van der Waals surface area contributed by atoms with Gasteiger partial charge in [-0.3, -0.25) is 4.68 Å². The van der Waals surface area contributed by atoms with Crippen LogP contribution in [0.25, 0.3) is 0 Å². The Balaban J connectivity index is 1.72. The fourth-order valence-electron chi connectivity index (χ4n) is 1.74. The molecular formula is C12H16N4O3. The second kappa shape index (κ2) is 6.14. The number of hydrogen-bond donors (Lipinski definition) is 2. The summed E-state index contributed by atoms with van der Waals surface area (Å²) in [5.74, 6) is -0.418. The van der Waals surface area contributed by atoms with E-state index >= 15 is 0 Å². The highest BCUT2D eigenvalue weighted by Gasteiger charge is 2.12. The molecule has 7 nitrogen and oxygen atoms in total. The molecule has 0 aliphatic rings. The molecule has 0 aliphatic heterocycles. The summed E-state index contributed by atoms with van der Waals surface area (Å²) < 4.78 is 6.90. The van der Waals surface area contributed by atoms with Crippen LogP contribution in [0.2, 0.25) is 0 Å². The van der Waals surface area contributed by atoms with Gasteiger partial charge in [-0.25, -0.2) is 4.79 Å². The Morgan fingerprint density at radius 2 is 2.42 bits per heavy atom. The van der Waals surface area contributed by atoms with Crippen LogP contribution in [-0.2, 0) is 13.1 Å². The summed E-state index contributed by atoms with van der Waals surface area (Å²) in [6, 6.07) is 1.56.